The summed E-state index contributed by atoms with van der Waals surface area (Å²) >= 11 is 0. The molecule has 0 aromatic carbocycles. The molecular formula is C9H18N2O. The van der Waals surface area contributed by atoms with Gasteiger partial charge in [-0.05, 0) is 25.7 Å². The molecule has 70 valence electrons. The first-order valence-electron chi connectivity index (χ1n) is 4.77. The summed E-state index contributed by atoms with van der Waals surface area (Å²) in [6.45, 7) is 2.01. The summed E-state index contributed by atoms with van der Waals surface area (Å²) < 4.78 is 0. The number of rotatable bonds is 3. The van der Waals surface area contributed by atoms with Crippen molar-refractivity contribution in [1.29, 1.82) is 0 Å². The standard InChI is InChI=1S/C9H18N2O/c1-2-3-9(12)11-8-5-4-7(10)6-8/h7-8H,2-6,10H2,1H3,(H,11,12)/t7-,8+/m0/s1. The van der Waals surface area contributed by atoms with Crippen LogP contribution in [0, 0.1) is 0 Å². The highest BCUT2D eigenvalue weighted by atomic mass is 16.1. The van der Waals surface area contributed by atoms with Crippen molar-refractivity contribution in [3.63, 3.8) is 0 Å². The van der Waals surface area contributed by atoms with Gasteiger partial charge in [0, 0.05) is 18.5 Å². The number of nitrogens with two attached hydrogens (primary N) is 1. The Balaban J connectivity index is 2.18. The molecule has 1 rings (SSSR count). The van der Waals surface area contributed by atoms with E-state index in [1.165, 1.54) is 0 Å². The minimum atomic E-state index is 0.177. The first-order chi connectivity index (χ1) is 5.72. The SMILES string of the molecule is CCCC(=O)N[C@@H]1CC[C@H](N)C1. The van der Waals surface area contributed by atoms with Crippen LogP contribution in [-0.2, 0) is 4.79 Å². The van der Waals surface area contributed by atoms with E-state index in [0.29, 0.717) is 18.5 Å². The van der Waals surface area contributed by atoms with Crippen LogP contribution in [0.25, 0.3) is 0 Å². The van der Waals surface area contributed by atoms with Gasteiger partial charge in [-0.3, -0.25) is 4.79 Å². The first-order valence-corrected chi connectivity index (χ1v) is 4.77. The van der Waals surface area contributed by atoms with Gasteiger partial charge in [0.15, 0.2) is 0 Å². The Morgan fingerprint density at radius 3 is 2.83 bits per heavy atom. The summed E-state index contributed by atoms with van der Waals surface area (Å²) in [4.78, 5) is 11.2. The van der Waals surface area contributed by atoms with Crippen molar-refractivity contribution in [2.45, 2.75) is 51.1 Å². The van der Waals surface area contributed by atoms with Crippen LogP contribution in [0.2, 0.25) is 0 Å². The highest BCUT2D eigenvalue weighted by Gasteiger charge is 2.22. The maximum absolute atomic E-state index is 11.2. The van der Waals surface area contributed by atoms with Crippen LogP contribution >= 0.6 is 0 Å². The van der Waals surface area contributed by atoms with Crippen molar-refractivity contribution in [2.24, 2.45) is 5.73 Å². The van der Waals surface area contributed by atoms with Crippen LogP contribution < -0.4 is 11.1 Å². The van der Waals surface area contributed by atoms with Crippen LogP contribution in [0.15, 0.2) is 0 Å². The van der Waals surface area contributed by atoms with E-state index in [4.69, 9.17) is 5.73 Å². The zero-order valence-corrected chi connectivity index (χ0v) is 7.68. The van der Waals surface area contributed by atoms with Crippen LogP contribution in [0.3, 0.4) is 0 Å². The maximum atomic E-state index is 11.2. The van der Waals surface area contributed by atoms with E-state index in [2.05, 4.69) is 5.32 Å². The van der Waals surface area contributed by atoms with Crippen LogP contribution in [0.4, 0.5) is 0 Å². The number of nitrogens with one attached hydrogen (secondary N) is 1. The molecule has 1 aliphatic carbocycles. The van der Waals surface area contributed by atoms with Gasteiger partial charge in [0.05, 0.1) is 0 Å². The van der Waals surface area contributed by atoms with Crippen LogP contribution in [0.5, 0.6) is 0 Å². The molecule has 0 unspecified atom stereocenters. The van der Waals surface area contributed by atoms with E-state index in [9.17, 15) is 4.79 Å². The van der Waals surface area contributed by atoms with Gasteiger partial charge in [0.25, 0.3) is 0 Å². The predicted molar refractivity (Wildman–Crippen MR) is 48.7 cm³/mol. The smallest absolute Gasteiger partial charge is 0.220 e. The van der Waals surface area contributed by atoms with Crippen LogP contribution in [0.1, 0.15) is 39.0 Å². The summed E-state index contributed by atoms with van der Waals surface area (Å²) in [6.07, 6.45) is 4.62. The van der Waals surface area contributed by atoms with E-state index in [-0.39, 0.29) is 5.91 Å². The van der Waals surface area contributed by atoms with Crippen molar-refractivity contribution in [3.05, 3.63) is 0 Å². The lowest BCUT2D eigenvalue weighted by atomic mass is 10.2. The molecule has 1 fully saturated rings. The zero-order valence-electron chi connectivity index (χ0n) is 7.68. The Kier molecular flexibility index (Phi) is 3.53. The molecule has 0 aromatic heterocycles. The lowest BCUT2D eigenvalue weighted by Gasteiger charge is -2.11. The number of hydrogen-bond donors (Lipinski definition) is 2. The monoisotopic (exact) mass is 170 g/mol. The first kappa shape index (κ1) is 9.52. The normalized spacial score (nSPS) is 28.8. The quantitative estimate of drug-likeness (QED) is 0.657. The summed E-state index contributed by atoms with van der Waals surface area (Å²) in [5.41, 5.74) is 5.72. The fourth-order valence-corrected chi connectivity index (χ4v) is 1.67. The van der Waals surface area contributed by atoms with E-state index < -0.39 is 0 Å². The Labute approximate surface area is 73.7 Å². The molecule has 0 heterocycles. The van der Waals surface area contributed by atoms with Crippen molar-refractivity contribution >= 4 is 5.91 Å². The second-order valence-corrected chi connectivity index (χ2v) is 3.59. The van der Waals surface area contributed by atoms with Gasteiger partial charge < -0.3 is 11.1 Å². The number of hydrogen-bond acceptors (Lipinski definition) is 2. The minimum Gasteiger partial charge on any atom is -0.353 e. The Morgan fingerprint density at radius 2 is 2.33 bits per heavy atom. The lowest BCUT2D eigenvalue weighted by Crippen LogP contribution is -2.33. The molecule has 2 atom stereocenters. The molecular weight excluding hydrogens is 152 g/mol. The third-order valence-electron chi connectivity index (χ3n) is 2.32. The highest BCUT2D eigenvalue weighted by molar-refractivity contribution is 5.76. The summed E-state index contributed by atoms with van der Waals surface area (Å²) in [5.74, 6) is 0.177. The van der Waals surface area contributed by atoms with E-state index in [1.807, 2.05) is 6.92 Å². The molecule has 0 aromatic rings. The highest BCUT2D eigenvalue weighted by Crippen LogP contribution is 2.16. The second-order valence-electron chi connectivity index (χ2n) is 3.59. The molecule has 1 amide bonds. The molecule has 3 nitrogen and oxygen atoms in total. The third-order valence-corrected chi connectivity index (χ3v) is 2.32. The lowest BCUT2D eigenvalue weighted by molar-refractivity contribution is -0.121. The van der Waals surface area contributed by atoms with Gasteiger partial charge in [0.2, 0.25) is 5.91 Å². The fraction of sp³-hybridized carbons (Fsp3) is 0.889. The number of carbonyl (C=O) groups excluding carboxylic acids is 1. The van der Waals surface area contributed by atoms with Crippen molar-refractivity contribution in [3.8, 4) is 0 Å². The summed E-state index contributed by atoms with van der Waals surface area (Å²) in [5, 5.41) is 2.99. The summed E-state index contributed by atoms with van der Waals surface area (Å²) in [6, 6.07) is 0.649. The van der Waals surface area contributed by atoms with Gasteiger partial charge >= 0.3 is 0 Å². The van der Waals surface area contributed by atoms with Gasteiger partial charge in [-0.15, -0.1) is 0 Å². The molecule has 3 heteroatoms. The topological polar surface area (TPSA) is 55.1 Å². The second kappa shape index (κ2) is 4.45. The molecule has 1 aliphatic rings. The average molecular weight is 170 g/mol. The molecule has 0 spiro atoms. The molecule has 0 radical (unpaired) electrons. The van der Waals surface area contributed by atoms with Crippen LogP contribution in [-0.4, -0.2) is 18.0 Å². The maximum Gasteiger partial charge on any atom is 0.220 e. The predicted octanol–water partition coefficient (Wildman–Crippen LogP) is 0.783. The van der Waals surface area contributed by atoms with Gasteiger partial charge in [-0.25, -0.2) is 0 Å². The largest absolute Gasteiger partial charge is 0.353 e. The summed E-state index contributed by atoms with van der Waals surface area (Å²) in [7, 11) is 0. The van der Waals surface area contributed by atoms with E-state index >= 15 is 0 Å². The molecule has 0 aliphatic heterocycles. The molecule has 0 bridgehead atoms. The van der Waals surface area contributed by atoms with Crippen molar-refractivity contribution in [2.75, 3.05) is 0 Å². The van der Waals surface area contributed by atoms with E-state index in [1.54, 1.807) is 0 Å². The van der Waals surface area contributed by atoms with Crippen molar-refractivity contribution in [1.82, 2.24) is 5.32 Å². The Bertz CT molecular complexity index is 159. The molecule has 12 heavy (non-hydrogen) atoms. The van der Waals surface area contributed by atoms with Crippen molar-refractivity contribution < 1.29 is 4.79 Å². The average Bonchev–Trinajstić information content (AvgIpc) is 2.36. The van der Waals surface area contributed by atoms with Gasteiger partial charge in [-0.2, -0.15) is 0 Å². The van der Waals surface area contributed by atoms with E-state index in [0.717, 1.165) is 25.7 Å². The van der Waals surface area contributed by atoms with Gasteiger partial charge in [-0.1, -0.05) is 6.92 Å². The Morgan fingerprint density at radius 1 is 1.58 bits per heavy atom. The fourth-order valence-electron chi connectivity index (χ4n) is 1.67. The molecule has 0 saturated heterocycles. The zero-order chi connectivity index (χ0) is 8.97. The Hall–Kier alpha value is -0.570. The number of carbonyl (C=O) groups is 1. The molecule has 3 N–H and O–H groups in total. The molecule has 1 saturated carbocycles. The minimum absolute atomic E-state index is 0.177. The number of amides is 1. The third kappa shape index (κ3) is 2.81. The van der Waals surface area contributed by atoms with Gasteiger partial charge in [0.1, 0.15) is 0 Å².